The van der Waals surface area contributed by atoms with Gasteiger partial charge in [0.15, 0.2) is 0 Å². The fourth-order valence-corrected chi connectivity index (χ4v) is 5.41. The average Bonchev–Trinajstić information content (AvgIpc) is 3.66. The van der Waals surface area contributed by atoms with Gasteiger partial charge in [-0.1, -0.05) is 31.8 Å². The summed E-state index contributed by atoms with van der Waals surface area (Å²) in [5.41, 5.74) is 5.83. The lowest BCUT2D eigenvalue weighted by molar-refractivity contribution is -0.117. The molecular formula is C28H37N7O3Si. The number of rotatable bonds is 10. The van der Waals surface area contributed by atoms with Gasteiger partial charge in [-0.2, -0.15) is 5.10 Å². The maximum atomic E-state index is 12.6. The summed E-state index contributed by atoms with van der Waals surface area (Å²) in [4.78, 5) is 31.5. The molecule has 0 atom stereocenters. The summed E-state index contributed by atoms with van der Waals surface area (Å²) in [6, 6.07) is 8.85. The molecule has 1 saturated carbocycles. The van der Waals surface area contributed by atoms with Crippen molar-refractivity contribution in [1.82, 2.24) is 20.1 Å². The lowest BCUT2D eigenvalue weighted by Gasteiger charge is -2.29. The molecule has 39 heavy (non-hydrogen) atoms. The van der Waals surface area contributed by atoms with Gasteiger partial charge in [0.05, 0.1) is 28.3 Å². The van der Waals surface area contributed by atoms with Gasteiger partial charge in [0.25, 0.3) is 5.91 Å². The number of hydrogen-bond acceptors (Lipinski definition) is 7. The van der Waals surface area contributed by atoms with Crippen LogP contribution in [0.1, 0.15) is 28.8 Å². The lowest BCUT2D eigenvalue weighted by atomic mass is 9.99. The quantitative estimate of drug-likeness (QED) is 0.250. The molecule has 1 fully saturated rings. The van der Waals surface area contributed by atoms with Crippen molar-refractivity contribution < 1.29 is 14.3 Å². The third-order valence-electron chi connectivity index (χ3n) is 6.98. The predicted molar refractivity (Wildman–Crippen MR) is 156 cm³/mol. The van der Waals surface area contributed by atoms with Crippen LogP contribution < -0.4 is 20.9 Å². The summed E-state index contributed by atoms with van der Waals surface area (Å²) in [5, 5.41) is 13.9. The van der Waals surface area contributed by atoms with Crippen LogP contribution in [0.2, 0.25) is 25.7 Å². The topological polar surface area (TPSA) is 113 Å². The number of nitrogens with one attached hydrogen (secondary N) is 3. The minimum absolute atomic E-state index is 0.0365. The summed E-state index contributed by atoms with van der Waals surface area (Å²) in [6.07, 6.45) is 5.35. The van der Waals surface area contributed by atoms with E-state index in [1.54, 1.807) is 13.1 Å². The van der Waals surface area contributed by atoms with Crippen LogP contribution in [0.15, 0.2) is 36.7 Å². The first-order chi connectivity index (χ1) is 18.6. The van der Waals surface area contributed by atoms with Crippen LogP contribution in [0.5, 0.6) is 0 Å². The molecule has 3 aromatic rings. The van der Waals surface area contributed by atoms with Crippen molar-refractivity contribution in [2.24, 2.45) is 5.92 Å². The Morgan fingerprint density at radius 2 is 1.97 bits per heavy atom. The summed E-state index contributed by atoms with van der Waals surface area (Å²) in [7, 11) is 2.48. The van der Waals surface area contributed by atoms with Crippen LogP contribution in [0, 0.1) is 5.92 Å². The second-order valence-corrected chi connectivity index (χ2v) is 17.2. The molecule has 1 aliphatic heterocycles. The van der Waals surface area contributed by atoms with Crippen molar-refractivity contribution in [2.75, 3.05) is 36.2 Å². The van der Waals surface area contributed by atoms with Crippen molar-refractivity contribution >= 4 is 42.8 Å². The smallest absolute Gasteiger partial charge is 0.254 e. The Labute approximate surface area is 230 Å². The van der Waals surface area contributed by atoms with Crippen molar-refractivity contribution in [3.05, 3.63) is 47.8 Å². The van der Waals surface area contributed by atoms with Crippen LogP contribution in [-0.2, 0) is 22.8 Å². The molecule has 0 radical (unpaired) electrons. The van der Waals surface area contributed by atoms with E-state index in [1.807, 2.05) is 23.9 Å². The number of carbonyl (C=O) groups is 2. The summed E-state index contributed by atoms with van der Waals surface area (Å²) >= 11 is 0. The number of para-hydroxylation sites is 1. The minimum Gasteiger partial charge on any atom is -0.368 e. The Morgan fingerprint density at radius 1 is 1.18 bits per heavy atom. The molecule has 10 nitrogen and oxygen atoms in total. The molecule has 0 bridgehead atoms. The standard InChI is InChI=1S/C28H37N7O3Si/c1-29-28(37)21-14-30-24(32-27(36)18-9-10-18)13-23(21)31-22-8-6-7-20-25-19(15-34(2)26(20)22)16-35(33-25)17-38-11-12-39(3,4)5/h6-8,13-14,16,18H,9-12,15,17H2,1-5H3,(H,29,37)(H2,30,31,32,36). The Balaban J connectivity index is 1.42. The number of amides is 2. The SMILES string of the molecule is CNC(=O)c1cnc(NC(=O)C2CC2)cc1Nc1cccc2c1N(C)Cc1cn(COCC[Si](C)(C)C)nc1-2. The number of carbonyl (C=O) groups excluding carboxylic acids is 2. The highest BCUT2D eigenvalue weighted by molar-refractivity contribution is 6.76. The molecule has 0 saturated heterocycles. The Bertz CT molecular complexity index is 1390. The van der Waals surface area contributed by atoms with Crippen LogP contribution in [-0.4, -0.2) is 55.4 Å². The third-order valence-corrected chi connectivity index (χ3v) is 8.69. The molecule has 0 unspecified atom stereocenters. The van der Waals surface area contributed by atoms with Crippen molar-refractivity contribution in [1.29, 1.82) is 0 Å². The zero-order chi connectivity index (χ0) is 27.7. The molecule has 11 heteroatoms. The van der Waals surface area contributed by atoms with E-state index in [4.69, 9.17) is 9.84 Å². The molecule has 206 valence electrons. The van der Waals surface area contributed by atoms with E-state index in [9.17, 15) is 9.59 Å². The van der Waals surface area contributed by atoms with E-state index >= 15 is 0 Å². The molecular weight excluding hydrogens is 510 g/mol. The van der Waals surface area contributed by atoms with Gasteiger partial charge in [0.1, 0.15) is 12.5 Å². The number of hydrogen-bond donors (Lipinski definition) is 3. The number of anilines is 4. The molecule has 5 rings (SSSR count). The number of pyridine rings is 1. The maximum absolute atomic E-state index is 12.6. The monoisotopic (exact) mass is 547 g/mol. The molecule has 0 spiro atoms. The third kappa shape index (κ3) is 6.15. The van der Waals surface area contributed by atoms with Gasteiger partial charge in [-0.15, -0.1) is 0 Å². The van der Waals surface area contributed by atoms with E-state index in [0.717, 1.165) is 53.7 Å². The van der Waals surface area contributed by atoms with E-state index in [0.29, 0.717) is 30.3 Å². The zero-order valence-corrected chi connectivity index (χ0v) is 24.3. The van der Waals surface area contributed by atoms with Crippen LogP contribution in [0.4, 0.5) is 22.9 Å². The first kappa shape index (κ1) is 26.9. The Kier molecular flexibility index (Phi) is 7.46. The number of fused-ring (bicyclic) bond motifs is 3. The van der Waals surface area contributed by atoms with Gasteiger partial charge < -0.3 is 25.6 Å². The van der Waals surface area contributed by atoms with Crippen molar-refractivity contribution in [2.45, 2.75) is 51.8 Å². The van der Waals surface area contributed by atoms with Gasteiger partial charge in [-0.25, -0.2) is 9.67 Å². The number of nitrogens with zero attached hydrogens (tertiary/aromatic N) is 4. The Hall–Kier alpha value is -3.70. The summed E-state index contributed by atoms with van der Waals surface area (Å²) in [6.45, 7) is 8.89. The van der Waals surface area contributed by atoms with Crippen molar-refractivity contribution in [3.8, 4) is 11.3 Å². The molecule has 1 aromatic carbocycles. The molecule has 1 aliphatic carbocycles. The molecule has 2 aliphatic rings. The summed E-state index contributed by atoms with van der Waals surface area (Å²) < 4.78 is 7.80. The van der Waals surface area contributed by atoms with E-state index < -0.39 is 8.07 Å². The van der Waals surface area contributed by atoms with Crippen LogP contribution in [0.25, 0.3) is 11.3 Å². The maximum Gasteiger partial charge on any atom is 0.254 e. The van der Waals surface area contributed by atoms with Crippen LogP contribution in [0.3, 0.4) is 0 Å². The second kappa shape index (κ2) is 10.8. The lowest BCUT2D eigenvalue weighted by Crippen LogP contribution is -2.23. The highest BCUT2D eigenvalue weighted by atomic mass is 28.3. The van der Waals surface area contributed by atoms with Crippen LogP contribution >= 0.6 is 0 Å². The summed E-state index contributed by atoms with van der Waals surface area (Å²) in [5.74, 6) is 0.163. The number of ether oxygens (including phenoxy) is 1. The van der Waals surface area contributed by atoms with E-state index in [1.165, 1.54) is 6.20 Å². The molecule has 2 amide bonds. The number of benzene rings is 1. The predicted octanol–water partition coefficient (Wildman–Crippen LogP) is 4.66. The number of aromatic nitrogens is 3. The fourth-order valence-electron chi connectivity index (χ4n) is 4.65. The van der Waals surface area contributed by atoms with E-state index in [-0.39, 0.29) is 17.7 Å². The molecule has 3 heterocycles. The first-order valence-electron chi connectivity index (χ1n) is 13.4. The van der Waals surface area contributed by atoms with Gasteiger partial charge in [0, 0.05) is 70.8 Å². The van der Waals surface area contributed by atoms with Gasteiger partial charge in [0.2, 0.25) is 5.91 Å². The largest absolute Gasteiger partial charge is 0.368 e. The highest BCUT2D eigenvalue weighted by Crippen LogP contribution is 2.43. The Morgan fingerprint density at radius 3 is 2.69 bits per heavy atom. The first-order valence-corrected chi connectivity index (χ1v) is 17.1. The second-order valence-electron chi connectivity index (χ2n) is 11.5. The minimum atomic E-state index is -1.15. The normalized spacial score (nSPS) is 14.4. The van der Waals surface area contributed by atoms with Crippen molar-refractivity contribution in [3.63, 3.8) is 0 Å². The fraction of sp³-hybridized carbons (Fsp3) is 0.429. The molecule has 2 aromatic heterocycles. The van der Waals surface area contributed by atoms with Gasteiger partial charge in [-0.05, 0) is 25.0 Å². The zero-order valence-electron chi connectivity index (χ0n) is 23.3. The average molecular weight is 548 g/mol. The molecule has 3 N–H and O–H groups in total. The highest BCUT2D eigenvalue weighted by Gasteiger charge is 2.30. The van der Waals surface area contributed by atoms with Gasteiger partial charge >= 0.3 is 0 Å². The van der Waals surface area contributed by atoms with Gasteiger partial charge in [-0.3, -0.25) is 9.59 Å². The van der Waals surface area contributed by atoms with E-state index in [2.05, 4.69) is 57.7 Å².